The number of rotatable bonds is 10. The lowest BCUT2D eigenvalue weighted by atomic mass is 9.77. The molecule has 0 saturated heterocycles. The predicted molar refractivity (Wildman–Crippen MR) is 154 cm³/mol. The van der Waals surface area contributed by atoms with Gasteiger partial charge >= 0.3 is 6.09 Å². The minimum atomic E-state index is -3.97. The van der Waals surface area contributed by atoms with Gasteiger partial charge in [0, 0.05) is 22.5 Å². The Morgan fingerprint density at radius 2 is 1.28 bits per heavy atom. The monoisotopic (exact) mass is 568 g/mol. The molecule has 0 heterocycles. The molecule has 39 heavy (non-hydrogen) atoms. The van der Waals surface area contributed by atoms with Crippen molar-refractivity contribution in [3.63, 3.8) is 0 Å². The molecular weight excluding hydrogens is 536 g/mol. The highest BCUT2D eigenvalue weighted by atomic mass is 35.7. The molecule has 3 aromatic rings. The first kappa shape index (κ1) is 29.9. The minimum Gasteiger partial charge on any atom is -0.444 e. The van der Waals surface area contributed by atoms with Gasteiger partial charge in [0.2, 0.25) is 5.91 Å². The molecule has 206 valence electrons. The van der Waals surface area contributed by atoms with Crippen LogP contribution in [0.25, 0.3) is 0 Å². The molecule has 0 unspecified atom stereocenters. The normalized spacial score (nSPS) is 13.0. The van der Waals surface area contributed by atoms with E-state index in [0.29, 0.717) is 0 Å². The van der Waals surface area contributed by atoms with Crippen molar-refractivity contribution in [2.45, 2.75) is 50.8 Å². The fourth-order valence-electron chi connectivity index (χ4n) is 4.20. The van der Waals surface area contributed by atoms with E-state index in [0.717, 1.165) is 22.1 Å². The molecule has 1 atom stereocenters. The van der Waals surface area contributed by atoms with Gasteiger partial charge in [0.1, 0.15) is 11.1 Å². The minimum absolute atomic E-state index is 0.0264. The number of hydrogen-bond donors (Lipinski definition) is 2. The maximum atomic E-state index is 13.6. The summed E-state index contributed by atoms with van der Waals surface area (Å²) in [5, 5.41) is 6.64. The number of hydrogen-bond acceptors (Lipinski definition) is 5. The van der Waals surface area contributed by atoms with Crippen LogP contribution in [0.3, 0.4) is 0 Å². The van der Waals surface area contributed by atoms with E-state index in [-0.39, 0.29) is 18.7 Å². The number of amides is 2. The van der Waals surface area contributed by atoms with E-state index in [9.17, 15) is 18.0 Å². The van der Waals surface area contributed by atoms with Crippen molar-refractivity contribution in [1.29, 1.82) is 0 Å². The summed E-state index contributed by atoms with van der Waals surface area (Å²) in [5.74, 6) is -0.301. The van der Waals surface area contributed by atoms with Gasteiger partial charge < -0.3 is 15.4 Å². The van der Waals surface area contributed by atoms with E-state index in [1.165, 1.54) is 6.08 Å². The number of carbonyl (C=O) groups is 2. The zero-order valence-electron chi connectivity index (χ0n) is 22.1. The zero-order valence-corrected chi connectivity index (χ0v) is 23.7. The maximum absolute atomic E-state index is 13.6. The van der Waals surface area contributed by atoms with E-state index >= 15 is 0 Å². The number of carbonyl (C=O) groups excluding carboxylic acids is 2. The van der Waals surface area contributed by atoms with Crippen molar-refractivity contribution >= 4 is 31.7 Å². The van der Waals surface area contributed by atoms with E-state index in [1.807, 2.05) is 91.0 Å². The molecule has 0 aromatic heterocycles. The van der Waals surface area contributed by atoms with Crippen molar-refractivity contribution in [1.82, 2.24) is 10.6 Å². The molecule has 3 rings (SSSR count). The molecule has 7 nitrogen and oxygen atoms in total. The number of benzene rings is 3. The SMILES string of the molecule is CC(C)(C)OC(=O)N[C@H](/C=C/S(=O)(=O)Cl)CCC(=O)NC(c1ccccc1)(c1ccccc1)c1ccccc1. The van der Waals surface area contributed by atoms with Gasteiger partial charge in [-0.2, -0.15) is 0 Å². The first-order chi connectivity index (χ1) is 18.4. The molecule has 0 fully saturated rings. The lowest BCUT2D eigenvalue weighted by Crippen LogP contribution is -2.48. The molecule has 3 aromatic carbocycles. The molecule has 9 heteroatoms. The fraction of sp³-hybridized carbons (Fsp3) is 0.267. The summed E-state index contributed by atoms with van der Waals surface area (Å²) in [7, 11) is 1.37. The fourth-order valence-corrected chi connectivity index (χ4v) is 4.76. The summed E-state index contributed by atoms with van der Waals surface area (Å²) in [5.41, 5.74) is 0.853. The third-order valence-corrected chi connectivity index (χ3v) is 6.60. The van der Waals surface area contributed by atoms with Gasteiger partial charge in [-0.1, -0.05) is 91.0 Å². The van der Waals surface area contributed by atoms with Gasteiger partial charge in [0.25, 0.3) is 9.05 Å². The molecular formula is C30H33ClN2O5S. The average molecular weight is 569 g/mol. The first-order valence-electron chi connectivity index (χ1n) is 12.5. The molecule has 2 N–H and O–H groups in total. The zero-order chi connectivity index (χ0) is 28.5. The number of nitrogens with one attached hydrogen (secondary N) is 2. The van der Waals surface area contributed by atoms with Crippen molar-refractivity contribution in [3.8, 4) is 0 Å². The van der Waals surface area contributed by atoms with Gasteiger partial charge in [-0.15, -0.1) is 0 Å². The quantitative estimate of drug-likeness (QED) is 0.236. The van der Waals surface area contributed by atoms with E-state index in [4.69, 9.17) is 15.4 Å². The summed E-state index contributed by atoms with van der Waals surface area (Å²) in [6.45, 7) is 5.14. The first-order valence-corrected chi connectivity index (χ1v) is 14.9. The third kappa shape index (κ3) is 8.97. The highest BCUT2D eigenvalue weighted by Gasteiger charge is 2.37. The summed E-state index contributed by atoms with van der Waals surface area (Å²) in [6, 6.07) is 28.2. The second-order valence-electron chi connectivity index (χ2n) is 9.99. The van der Waals surface area contributed by atoms with Crippen molar-refractivity contribution in [2.24, 2.45) is 0 Å². The maximum Gasteiger partial charge on any atom is 0.408 e. The molecule has 0 spiro atoms. The summed E-state index contributed by atoms with van der Waals surface area (Å²) in [4.78, 5) is 25.9. The van der Waals surface area contributed by atoms with Crippen LogP contribution in [0.1, 0.15) is 50.3 Å². The Kier molecular flexibility index (Phi) is 9.94. The molecule has 0 aliphatic heterocycles. The molecule has 0 saturated carbocycles. The highest BCUT2D eigenvalue weighted by molar-refractivity contribution is 8.16. The summed E-state index contributed by atoms with van der Waals surface area (Å²) < 4.78 is 28.3. The van der Waals surface area contributed by atoms with Crippen LogP contribution in [0, 0.1) is 0 Å². The standard InChI is InChI=1S/C30H33ClN2O5S/c1-29(2,3)38-28(35)32-26(21-22-39(31,36)37)19-20-27(34)33-30(23-13-7-4-8-14-23,24-15-9-5-10-16-24)25-17-11-6-12-18-25/h4-18,21-22,26H,19-20H2,1-3H3,(H,32,35)(H,33,34)/b22-21+/t26-/m0/s1. The van der Waals surface area contributed by atoms with Crippen LogP contribution >= 0.6 is 10.7 Å². The Balaban J connectivity index is 1.93. The molecule has 2 amide bonds. The van der Waals surface area contributed by atoms with Gasteiger partial charge in [-0.3, -0.25) is 4.79 Å². The van der Waals surface area contributed by atoms with E-state index in [1.54, 1.807) is 20.8 Å². The van der Waals surface area contributed by atoms with Gasteiger partial charge in [0.05, 0.1) is 6.04 Å². The Morgan fingerprint density at radius 1 is 0.846 bits per heavy atom. The van der Waals surface area contributed by atoms with Gasteiger partial charge in [-0.25, -0.2) is 13.2 Å². The topological polar surface area (TPSA) is 102 Å². The van der Waals surface area contributed by atoms with Crippen LogP contribution < -0.4 is 10.6 Å². The Bertz CT molecular complexity index is 1280. The van der Waals surface area contributed by atoms with E-state index in [2.05, 4.69) is 10.6 Å². The van der Waals surface area contributed by atoms with Crippen molar-refractivity contribution in [2.75, 3.05) is 0 Å². The van der Waals surface area contributed by atoms with E-state index < -0.39 is 32.3 Å². The Labute approximate surface area is 234 Å². The smallest absolute Gasteiger partial charge is 0.408 e. The predicted octanol–water partition coefficient (Wildman–Crippen LogP) is 5.85. The third-order valence-electron chi connectivity index (χ3n) is 5.81. The van der Waals surface area contributed by atoms with Crippen LogP contribution in [0.4, 0.5) is 4.79 Å². The number of alkyl carbamates (subject to hydrolysis) is 1. The number of ether oxygens (including phenoxy) is 1. The highest BCUT2D eigenvalue weighted by Crippen LogP contribution is 2.36. The van der Waals surface area contributed by atoms with Crippen LogP contribution in [0.5, 0.6) is 0 Å². The second-order valence-corrected chi connectivity index (χ2v) is 12.5. The van der Waals surface area contributed by atoms with Crippen LogP contribution in [0.2, 0.25) is 0 Å². The van der Waals surface area contributed by atoms with Gasteiger partial charge in [-0.05, 0) is 50.0 Å². The Morgan fingerprint density at radius 3 is 1.67 bits per heavy atom. The lowest BCUT2D eigenvalue weighted by molar-refractivity contribution is -0.122. The average Bonchev–Trinajstić information content (AvgIpc) is 2.89. The second kappa shape index (κ2) is 13.0. The lowest BCUT2D eigenvalue weighted by Gasteiger charge is -2.37. The molecule has 0 bridgehead atoms. The van der Waals surface area contributed by atoms with Crippen molar-refractivity contribution < 1.29 is 22.7 Å². The van der Waals surface area contributed by atoms with Crippen LogP contribution in [0.15, 0.2) is 102 Å². The number of halogens is 1. The van der Waals surface area contributed by atoms with Crippen LogP contribution in [-0.4, -0.2) is 32.1 Å². The summed E-state index contributed by atoms with van der Waals surface area (Å²) >= 11 is 0. The largest absolute Gasteiger partial charge is 0.444 e. The Hall–Kier alpha value is -3.62. The molecule has 0 aliphatic carbocycles. The van der Waals surface area contributed by atoms with Crippen LogP contribution in [-0.2, 0) is 24.1 Å². The molecule has 0 radical (unpaired) electrons. The van der Waals surface area contributed by atoms with Crippen molar-refractivity contribution in [3.05, 3.63) is 119 Å². The van der Waals surface area contributed by atoms with Gasteiger partial charge in [0.15, 0.2) is 0 Å². The summed E-state index contributed by atoms with van der Waals surface area (Å²) in [6.07, 6.45) is 0.569. The molecule has 0 aliphatic rings.